The normalized spacial score (nSPS) is 13.0. The van der Waals surface area contributed by atoms with E-state index in [0.29, 0.717) is 11.7 Å². The Kier molecular flexibility index (Phi) is 6.93. The zero-order valence-electron chi connectivity index (χ0n) is 17.1. The Morgan fingerprint density at radius 2 is 1.79 bits per heavy atom. The van der Waals surface area contributed by atoms with Gasteiger partial charge in [0.25, 0.3) is 0 Å². The van der Waals surface area contributed by atoms with Crippen LogP contribution in [0.4, 0.5) is 0 Å². The first kappa shape index (κ1) is 20.9. The summed E-state index contributed by atoms with van der Waals surface area (Å²) in [6.07, 6.45) is 0. The van der Waals surface area contributed by atoms with E-state index in [4.69, 9.17) is 4.74 Å². The van der Waals surface area contributed by atoms with Crippen molar-refractivity contribution >= 4 is 17.7 Å². The Morgan fingerprint density at radius 1 is 1.10 bits per heavy atom. The van der Waals surface area contributed by atoms with Crippen LogP contribution in [0.3, 0.4) is 0 Å². The number of carbonyl (C=O) groups excluding carboxylic acids is 1. The molecular formula is C22H26N4O2S. The number of para-hydroxylation sites is 1. The van der Waals surface area contributed by atoms with Gasteiger partial charge in [0.1, 0.15) is 5.75 Å². The average molecular weight is 411 g/mol. The van der Waals surface area contributed by atoms with Gasteiger partial charge in [-0.3, -0.25) is 4.79 Å². The van der Waals surface area contributed by atoms with Gasteiger partial charge in [0.2, 0.25) is 5.91 Å². The van der Waals surface area contributed by atoms with Crippen molar-refractivity contribution < 1.29 is 9.53 Å². The van der Waals surface area contributed by atoms with E-state index in [1.54, 1.807) is 7.11 Å². The van der Waals surface area contributed by atoms with E-state index in [0.717, 1.165) is 22.7 Å². The first-order valence-corrected chi connectivity index (χ1v) is 10.5. The summed E-state index contributed by atoms with van der Waals surface area (Å²) in [5.41, 5.74) is 1.96. The fourth-order valence-corrected chi connectivity index (χ4v) is 3.98. The first-order chi connectivity index (χ1) is 14.0. The van der Waals surface area contributed by atoms with Crippen molar-refractivity contribution in [2.45, 2.75) is 43.8 Å². The quantitative estimate of drug-likeness (QED) is 0.560. The van der Waals surface area contributed by atoms with Crippen LogP contribution in [-0.4, -0.2) is 33.0 Å². The standard InChI is InChI=1S/C22H26N4O2S/c1-5-26-20(18-13-9-10-14-19(18)28-4)24-25-22(26)29-16(3)21(27)23-15(2)17-11-7-6-8-12-17/h6-16H,5H2,1-4H3,(H,23,27). The zero-order chi connectivity index (χ0) is 20.8. The fourth-order valence-electron chi connectivity index (χ4n) is 3.06. The molecule has 1 N–H and O–H groups in total. The van der Waals surface area contributed by atoms with Crippen LogP contribution in [0.1, 0.15) is 32.4 Å². The van der Waals surface area contributed by atoms with Gasteiger partial charge in [-0.2, -0.15) is 0 Å². The summed E-state index contributed by atoms with van der Waals surface area (Å²) in [5, 5.41) is 12.2. The van der Waals surface area contributed by atoms with Crippen molar-refractivity contribution in [3.05, 3.63) is 60.2 Å². The van der Waals surface area contributed by atoms with Gasteiger partial charge in [0.05, 0.1) is 24.0 Å². The third kappa shape index (κ3) is 4.79. The fraction of sp³-hybridized carbons (Fsp3) is 0.318. The van der Waals surface area contributed by atoms with E-state index in [1.165, 1.54) is 11.8 Å². The maximum absolute atomic E-state index is 12.7. The average Bonchev–Trinajstić information content (AvgIpc) is 3.16. The van der Waals surface area contributed by atoms with Gasteiger partial charge in [0.15, 0.2) is 11.0 Å². The Bertz CT molecular complexity index is 958. The second-order valence-electron chi connectivity index (χ2n) is 6.65. The molecule has 0 aliphatic heterocycles. The second kappa shape index (κ2) is 9.60. The molecule has 7 heteroatoms. The van der Waals surface area contributed by atoms with Crippen LogP contribution in [0, 0.1) is 0 Å². The molecule has 0 spiro atoms. The number of amides is 1. The van der Waals surface area contributed by atoms with Crippen LogP contribution in [0.5, 0.6) is 5.75 Å². The predicted molar refractivity (Wildman–Crippen MR) is 116 cm³/mol. The Labute approximate surface area is 175 Å². The minimum atomic E-state index is -0.304. The van der Waals surface area contributed by atoms with E-state index in [1.807, 2.05) is 79.9 Å². The number of benzene rings is 2. The smallest absolute Gasteiger partial charge is 0.233 e. The van der Waals surface area contributed by atoms with Crippen LogP contribution in [-0.2, 0) is 11.3 Å². The van der Waals surface area contributed by atoms with E-state index in [9.17, 15) is 4.79 Å². The SMILES string of the molecule is CCn1c(SC(C)C(=O)NC(C)c2ccccc2)nnc1-c1ccccc1OC. The summed E-state index contributed by atoms with van der Waals surface area (Å²) in [6, 6.07) is 17.6. The molecule has 1 aromatic heterocycles. The summed E-state index contributed by atoms with van der Waals surface area (Å²) in [6.45, 7) is 6.60. The van der Waals surface area contributed by atoms with Crippen molar-refractivity contribution in [1.82, 2.24) is 20.1 Å². The molecule has 152 valence electrons. The van der Waals surface area contributed by atoms with Crippen molar-refractivity contribution in [2.24, 2.45) is 0 Å². The summed E-state index contributed by atoms with van der Waals surface area (Å²) in [5.74, 6) is 1.45. The summed E-state index contributed by atoms with van der Waals surface area (Å²) in [4.78, 5) is 12.7. The minimum Gasteiger partial charge on any atom is -0.496 e. The number of methoxy groups -OCH3 is 1. The van der Waals surface area contributed by atoms with Crippen molar-refractivity contribution in [1.29, 1.82) is 0 Å². The molecule has 3 aromatic rings. The first-order valence-electron chi connectivity index (χ1n) is 9.63. The molecule has 2 atom stereocenters. The molecule has 0 bridgehead atoms. The highest BCUT2D eigenvalue weighted by Crippen LogP contribution is 2.32. The largest absolute Gasteiger partial charge is 0.496 e. The van der Waals surface area contributed by atoms with Gasteiger partial charge < -0.3 is 14.6 Å². The molecule has 0 radical (unpaired) electrons. The van der Waals surface area contributed by atoms with Crippen LogP contribution < -0.4 is 10.1 Å². The molecule has 0 saturated carbocycles. The molecule has 6 nitrogen and oxygen atoms in total. The number of carbonyl (C=O) groups is 1. The van der Waals surface area contributed by atoms with Gasteiger partial charge in [-0.15, -0.1) is 10.2 Å². The van der Waals surface area contributed by atoms with Crippen LogP contribution in [0.15, 0.2) is 59.8 Å². The Hall–Kier alpha value is -2.80. The zero-order valence-corrected chi connectivity index (χ0v) is 17.9. The third-order valence-electron chi connectivity index (χ3n) is 4.69. The highest BCUT2D eigenvalue weighted by Gasteiger charge is 2.22. The van der Waals surface area contributed by atoms with Crippen molar-refractivity contribution in [3.63, 3.8) is 0 Å². The maximum Gasteiger partial charge on any atom is 0.233 e. The number of nitrogens with one attached hydrogen (secondary N) is 1. The number of rotatable bonds is 8. The van der Waals surface area contributed by atoms with Crippen LogP contribution in [0.25, 0.3) is 11.4 Å². The Balaban J connectivity index is 1.74. The molecule has 2 unspecified atom stereocenters. The molecular weight excluding hydrogens is 384 g/mol. The van der Waals surface area contributed by atoms with Crippen molar-refractivity contribution in [2.75, 3.05) is 7.11 Å². The number of thioether (sulfide) groups is 1. The summed E-state index contributed by atoms with van der Waals surface area (Å²) >= 11 is 1.41. The van der Waals surface area contributed by atoms with E-state index in [-0.39, 0.29) is 17.2 Å². The van der Waals surface area contributed by atoms with Crippen LogP contribution >= 0.6 is 11.8 Å². The molecule has 0 fully saturated rings. The van der Waals surface area contributed by atoms with Crippen molar-refractivity contribution in [3.8, 4) is 17.1 Å². The number of aromatic nitrogens is 3. The highest BCUT2D eigenvalue weighted by molar-refractivity contribution is 8.00. The minimum absolute atomic E-state index is 0.0316. The lowest BCUT2D eigenvalue weighted by atomic mass is 10.1. The van der Waals surface area contributed by atoms with E-state index >= 15 is 0 Å². The lowest BCUT2D eigenvalue weighted by molar-refractivity contribution is -0.120. The maximum atomic E-state index is 12.7. The lowest BCUT2D eigenvalue weighted by Gasteiger charge is -2.18. The van der Waals surface area contributed by atoms with Gasteiger partial charge in [-0.05, 0) is 38.5 Å². The van der Waals surface area contributed by atoms with Gasteiger partial charge in [-0.1, -0.05) is 54.2 Å². The third-order valence-corrected chi connectivity index (χ3v) is 5.77. The molecule has 0 aliphatic carbocycles. The summed E-state index contributed by atoms with van der Waals surface area (Å²) < 4.78 is 7.47. The Morgan fingerprint density at radius 3 is 2.48 bits per heavy atom. The number of nitrogens with zero attached hydrogens (tertiary/aromatic N) is 3. The van der Waals surface area contributed by atoms with Gasteiger partial charge >= 0.3 is 0 Å². The molecule has 0 saturated heterocycles. The molecule has 29 heavy (non-hydrogen) atoms. The highest BCUT2D eigenvalue weighted by atomic mass is 32.2. The lowest BCUT2D eigenvalue weighted by Crippen LogP contribution is -2.33. The monoisotopic (exact) mass is 410 g/mol. The molecule has 3 rings (SSSR count). The molecule has 0 aliphatic rings. The van der Waals surface area contributed by atoms with E-state index in [2.05, 4.69) is 15.5 Å². The molecule has 2 aromatic carbocycles. The number of hydrogen-bond acceptors (Lipinski definition) is 5. The molecule has 1 amide bonds. The number of hydrogen-bond donors (Lipinski definition) is 1. The summed E-state index contributed by atoms with van der Waals surface area (Å²) in [7, 11) is 1.64. The number of ether oxygens (including phenoxy) is 1. The predicted octanol–water partition coefficient (Wildman–Crippen LogP) is 4.33. The van der Waals surface area contributed by atoms with E-state index < -0.39 is 0 Å². The van der Waals surface area contributed by atoms with Gasteiger partial charge in [0, 0.05) is 6.54 Å². The topological polar surface area (TPSA) is 69.0 Å². The van der Waals surface area contributed by atoms with Gasteiger partial charge in [-0.25, -0.2) is 0 Å². The molecule has 1 heterocycles. The van der Waals surface area contributed by atoms with Crippen LogP contribution in [0.2, 0.25) is 0 Å². The second-order valence-corrected chi connectivity index (χ2v) is 7.96.